The van der Waals surface area contributed by atoms with Gasteiger partial charge >= 0.3 is 0 Å². The molecule has 0 aliphatic rings. The first-order valence-corrected chi connectivity index (χ1v) is 6.58. The Hall–Kier alpha value is -1.26. The van der Waals surface area contributed by atoms with Crippen LogP contribution < -0.4 is 20.7 Å². The summed E-state index contributed by atoms with van der Waals surface area (Å²) < 4.78 is 11.4. The van der Waals surface area contributed by atoms with E-state index in [1.807, 2.05) is 25.1 Å². The molecular weight excluding hydrogens is 228 g/mol. The van der Waals surface area contributed by atoms with E-state index in [4.69, 9.17) is 15.3 Å². The van der Waals surface area contributed by atoms with Gasteiger partial charge in [-0.15, -0.1) is 0 Å². The van der Waals surface area contributed by atoms with E-state index < -0.39 is 0 Å². The molecule has 1 aromatic carbocycles. The molecule has 0 heterocycles. The van der Waals surface area contributed by atoms with Gasteiger partial charge in [0, 0.05) is 6.04 Å². The van der Waals surface area contributed by atoms with Gasteiger partial charge in [0.25, 0.3) is 0 Å². The molecule has 0 radical (unpaired) electrons. The zero-order valence-electron chi connectivity index (χ0n) is 11.5. The third-order valence-electron chi connectivity index (χ3n) is 2.64. The Morgan fingerprint density at radius 2 is 1.72 bits per heavy atom. The van der Waals surface area contributed by atoms with Crippen LogP contribution in [0.2, 0.25) is 0 Å². The van der Waals surface area contributed by atoms with Crippen LogP contribution in [0.3, 0.4) is 0 Å². The van der Waals surface area contributed by atoms with Gasteiger partial charge < -0.3 is 9.47 Å². The van der Waals surface area contributed by atoms with E-state index in [2.05, 4.69) is 19.3 Å². The molecule has 0 amide bonds. The lowest BCUT2D eigenvalue weighted by Gasteiger charge is -2.16. The molecule has 0 bridgehead atoms. The van der Waals surface area contributed by atoms with Crippen molar-refractivity contribution in [1.82, 2.24) is 5.43 Å². The SMILES string of the molecule is CCCOc1ccc([C@@H](C)NN)cc1OCCC. The normalized spacial score (nSPS) is 12.2. The van der Waals surface area contributed by atoms with Gasteiger partial charge in [-0.25, -0.2) is 0 Å². The summed E-state index contributed by atoms with van der Waals surface area (Å²) in [5.41, 5.74) is 3.82. The number of hydrogen-bond acceptors (Lipinski definition) is 4. The van der Waals surface area contributed by atoms with Gasteiger partial charge in [0.1, 0.15) is 0 Å². The van der Waals surface area contributed by atoms with E-state index in [-0.39, 0.29) is 6.04 Å². The molecule has 0 saturated carbocycles. The Balaban J connectivity index is 2.88. The van der Waals surface area contributed by atoms with E-state index in [0.29, 0.717) is 13.2 Å². The van der Waals surface area contributed by atoms with Crippen molar-refractivity contribution in [3.8, 4) is 11.5 Å². The Labute approximate surface area is 109 Å². The fraction of sp³-hybridized carbons (Fsp3) is 0.571. The van der Waals surface area contributed by atoms with Gasteiger partial charge in [-0.3, -0.25) is 11.3 Å². The molecule has 18 heavy (non-hydrogen) atoms. The van der Waals surface area contributed by atoms with Crippen LogP contribution in [-0.2, 0) is 0 Å². The predicted molar refractivity (Wildman–Crippen MR) is 73.8 cm³/mol. The minimum Gasteiger partial charge on any atom is -0.490 e. The second-order valence-electron chi connectivity index (χ2n) is 4.29. The van der Waals surface area contributed by atoms with Crippen molar-refractivity contribution in [2.75, 3.05) is 13.2 Å². The van der Waals surface area contributed by atoms with Crippen LogP contribution in [0, 0.1) is 0 Å². The van der Waals surface area contributed by atoms with Crippen LogP contribution in [0.25, 0.3) is 0 Å². The number of hydrogen-bond donors (Lipinski definition) is 2. The third kappa shape index (κ3) is 4.20. The maximum absolute atomic E-state index is 5.73. The van der Waals surface area contributed by atoms with Crippen LogP contribution in [0.4, 0.5) is 0 Å². The number of nitrogens with two attached hydrogens (primary N) is 1. The van der Waals surface area contributed by atoms with Crippen molar-refractivity contribution in [2.45, 2.75) is 39.7 Å². The summed E-state index contributed by atoms with van der Waals surface area (Å²) in [5, 5.41) is 0. The molecule has 0 aliphatic carbocycles. The third-order valence-corrected chi connectivity index (χ3v) is 2.64. The summed E-state index contributed by atoms with van der Waals surface area (Å²) in [7, 11) is 0. The Morgan fingerprint density at radius 3 is 2.28 bits per heavy atom. The minimum absolute atomic E-state index is 0.0919. The molecule has 1 atom stereocenters. The molecule has 0 fully saturated rings. The topological polar surface area (TPSA) is 56.5 Å². The average Bonchev–Trinajstić information content (AvgIpc) is 2.42. The van der Waals surface area contributed by atoms with Gasteiger partial charge in [-0.2, -0.15) is 0 Å². The van der Waals surface area contributed by atoms with Crippen LogP contribution in [0.1, 0.15) is 45.2 Å². The predicted octanol–water partition coefficient (Wildman–Crippen LogP) is 2.79. The number of hydrazine groups is 1. The molecule has 1 rings (SSSR count). The lowest BCUT2D eigenvalue weighted by Crippen LogP contribution is -2.25. The molecule has 3 N–H and O–H groups in total. The maximum Gasteiger partial charge on any atom is 0.161 e. The molecule has 0 saturated heterocycles. The highest BCUT2D eigenvalue weighted by molar-refractivity contribution is 5.43. The maximum atomic E-state index is 5.73. The van der Waals surface area contributed by atoms with E-state index in [9.17, 15) is 0 Å². The number of benzene rings is 1. The van der Waals surface area contributed by atoms with Gasteiger partial charge in [-0.1, -0.05) is 19.9 Å². The number of nitrogens with one attached hydrogen (secondary N) is 1. The van der Waals surface area contributed by atoms with Crippen molar-refractivity contribution >= 4 is 0 Å². The molecule has 0 aromatic heterocycles. The highest BCUT2D eigenvalue weighted by atomic mass is 16.5. The second kappa shape index (κ2) is 7.95. The molecule has 4 nitrogen and oxygen atoms in total. The van der Waals surface area contributed by atoms with Crippen LogP contribution in [0.15, 0.2) is 18.2 Å². The summed E-state index contributed by atoms with van der Waals surface area (Å²) in [4.78, 5) is 0. The molecule has 0 spiro atoms. The van der Waals surface area contributed by atoms with Gasteiger partial charge in [0.15, 0.2) is 11.5 Å². The van der Waals surface area contributed by atoms with Crippen LogP contribution >= 0.6 is 0 Å². The van der Waals surface area contributed by atoms with Crippen molar-refractivity contribution in [3.63, 3.8) is 0 Å². The Kier molecular flexibility index (Phi) is 6.54. The molecular formula is C14H24N2O2. The zero-order valence-corrected chi connectivity index (χ0v) is 11.5. The van der Waals surface area contributed by atoms with Gasteiger partial charge in [0.2, 0.25) is 0 Å². The van der Waals surface area contributed by atoms with Crippen molar-refractivity contribution in [3.05, 3.63) is 23.8 Å². The summed E-state index contributed by atoms with van der Waals surface area (Å²) in [6.07, 6.45) is 1.96. The van der Waals surface area contributed by atoms with Gasteiger partial charge in [0.05, 0.1) is 13.2 Å². The lowest BCUT2D eigenvalue weighted by atomic mass is 10.1. The van der Waals surface area contributed by atoms with E-state index in [1.54, 1.807) is 0 Å². The Morgan fingerprint density at radius 1 is 1.11 bits per heavy atom. The summed E-state index contributed by atoms with van der Waals surface area (Å²) in [5.74, 6) is 7.05. The number of ether oxygens (including phenoxy) is 2. The summed E-state index contributed by atoms with van der Waals surface area (Å²) in [6.45, 7) is 7.57. The standard InChI is InChI=1S/C14H24N2O2/c1-4-8-17-13-7-6-12(11(3)16-15)10-14(13)18-9-5-2/h6-7,10-11,16H,4-5,8-9,15H2,1-3H3/t11-/m1/s1. The molecule has 102 valence electrons. The Bertz CT molecular complexity index is 356. The minimum atomic E-state index is 0.0919. The first-order chi connectivity index (χ1) is 8.72. The first-order valence-electron chi connectivity index (χ1n) is 6.58. The van der Waals surface area contributed by atoms with E-state index in [0.717, 1.165) is 29.9 Å². The smallest absolute Gasteiger partial charge is 0.161 e. The highest BCUT2D eigenvalue weighted by Crippen LogP contribution is 2.30. The van der Waals surface area contributed by atoms with Gasteiger partial charge in [-0.05, 0) is 37.5 Å². The summed E-state index contributed by atoms with van der Waals surface area (Å²) in [6, 6.07) is 6.04. The number of rotatable bonds is 8. The molecule has 4 heteroatoms. The fourth-order valence-corrected chi connectivity index (χ4v) is 1.55. The monoisotopic (exact) mass is 252 g/mol. The van der Waals surface area contributed by atoms with Crippen LogP contribution in [0.5, 0.6) is 11.5 Å². The average molecular weight is 252 g/mol. The first kappa shape index (κ1) is 14.8. The quantitative estimate of drug-likeness (QED) is 0.552. The molecule has 0 unspecified atom stereocenters. The van der Waals surface area contributed by atoms with Crippen LogP contribution in [-0.4, -0.2) is 13.2 Å². The molecule has 1 aromatic rings. The lowest BCUT2D eigenvalue weighted by molar-refractivity contribution is 0.268. The van der Waals surface area contributed by atoms with E-state index in [1.165, 1.54) is 0 Å². The summed E-state index contributed by atoms with van der Waals surface area (Å²) >= 11 is 0. The highest BCUT2D eigenvalue weighted by Gasteiger charge is 2.10. The van der Waals surface area contributed by atoms with Crippen molar-refractivity contribution < 1.29 is 9.47 Å². The van der Waals surface area contributed by atoms with E-state index >= 15 is 0 Å². The van der Waals surface area contributed by atoms with Crippen molar-refractivity contribution in [1.29, 1.82) is 0 Å². The second-order valence-corrected chi connectivity index (χ2v) is 4.29. The fourth-order valence-electron chi connectivity index (χ4n) is 1.55. The van der Waals surface area contributed by atoms with Crippen molar-refractivity contribution in [2.24, 2.45) is 5.84 Å². The largest absolute Gasteiger partial charge is 0.490 e. The molecule has 0 aliphatic heterocycles. The zero-order chi connectivity index (χ0) is 13.4.